The molecule has 0 saturated carbocycles. The Kier molecular flexibility index (Phi) is 7.16. The summed E-state index contributed by atoms with van der Waals surface area (Å²) in [7, 11) is 1.44. The Morgan fingerprint density at radius 2 is 1.96 bits per heavy atom. The van der Waals surface area contributed by atoms with Crippen LogP contribution in [0.25, 0.3) is 0 Å². The minimum Gasteiger partial charge on any atom is -0.496 e. The number of nitrogens with one attached hydrogen (secondary N) is 1. The molecule has 1 saturated heterocycles. The van der Waals surface area contributed by atoms with E-state index < -0.39 is 42.9 Å². The maximum absolute atomic E-state index is 12.2. The van der Waals surface area contributed by atoms with Crippen molar-refractivity contribution in [3.63, 3.8) is 0 Å². The number of carbonyl (C=O) groups is 4. The fourth-order valence-corrected chi connectivity index (χ4v) is 2.88. The quantitative estimate of drug-likeness (QED) is 0.635. The van der Waals surface area contributed by atoms with Crippen LogP contribution in [0.15, 0.2) is 24.3 Å². The van der Waals surface area contributed by atoms with Crippen molar-refractivity contribution in [3.8, 4) is 5.75 Å². The summed E-state index contributed by atoms with van der Waals surface area (Å²) >= 11 is 0. The number of methoxy groups -OCH3 is 1. The van der Waals surface area contributed by atoms with Crippen molar-refractivity contribution in [1.82, 2.24) is 10.2 Å². The SMILES string of the molecule is COc1ccccc1C(=O)NCC(=O)OCC(=O)N1CCCC[C@H]1C(N)=O. The van der Waals surface area contributed by atoms with E-state index in [1.54, 1.807) is 24.3 Å². The molecular formula is C18H23N3O6. The molecule has 146 valence electrons. The summed E-state index contributed by atoms with van der Waals surface area (Å²) < 4.78 is 9.98. The summed E-state index contributed by atoms with van der Waals surface area (Å²) in [6.45, 7) is -0.509. The lowest BCUT2D eigenvalue weighted by Gasteiger charge is -2.33. The van der Waals surface area contributed by atoms with Gasteiger partial charge in [-0.15, -0.1) is 0 Å². The van der Waals surface area contributed by atoms with Gasteiger partial charge in [0.1, 0.15) is 18.3 Å². The van der Waals surface area contributed by atoms with E-state index in [-0.39, 0.29) is 5.56 Å². The minimum atomic E-state index is -0.765. The third-order valence-electron chi connectivity index (χ3n) is 4.25. The van der Waals surface area contributed by atoms with Crippen molar-refractivity contribution in [3.05, 3.63) is 29.8 Å². The van der Waals surface area contributed by atoms with Gasteiger partial charge >= 0.3 is 5.97 Å². The zero-order chi connectivity index (χ0) is 19.8. The predicted molar refractivity (Wildman–Crippen MR) is 94.8 cm³/mol. The van der Waals surface area contributed by atoms with E-state index in [2.05, 4.69) is 5.32 Å². The van der Waals surface area contributed by atoms with Gasteiger partial charge in [0, 0.05) is 6.54 Å². The number of carbonyl (C=O) groups excluding carboxylic acids is 4. The first-order valence-electron chi connectivity index (χ1n) is 8.59. The molecule has 0 unspecified atom stereocenters. The molecule has 0 radical (unpaired) electrons. The number of primary amides is 1. The number of nitrogens with two attached hydrogens (primary N) is 1. The molecule has 1 aliphatic heterocycles. The molecule has 9 heteroatoms. The fraction of sp³-hybridized carbons (Fsp3) is 0.444. The van der Waals surface area contributed by atoms with Crippen LogP contribution in [0.2, 0.25) is 0 Å². The lowest BCUT2D eigenvalue weighted by atomic mass is 10.0. The van der Waals surface area contributed by atoms with Gasteiger partial charge in [-0.2, -0.15) is 0 Å². The van der Waals surface area contributed by atoms with Gasteiger partial charge in [0.05, 0.1) is 12.7 Å². The molecule has 0 aromatic heterocycles. The number of benzene rings is 1. The third kappa shape index (κ3) is 5.44. The number of hydrogen-bond acceptors (Lipinski definition) is 6. The van der Waals surface area contributed by atoms with Crippen molar-refractivity contribution in [2.45, 2.75) is 25.3 Å². The second-order valence-electron chi connectivity index (χ2n) is 6.04. The van der Waals surface area contributed by atoms with E-state index in [1.165, 1.54) is 12.0 Å². The van der Waals surface area contributed by atoms with Crippen LogP contribution in [0.4, 0.5) is 0 Å². The molecule has 1 atom stereocenters. The first-order valence-corrected chi connectivity index (χ1v) is 8.59. The number of rotatable bonds is 7. The summed E-state index contributed by atoms with van der Waals surface area (Å²) in [6.07, 6.45) is 2.08. The molecule has 1 heterocycles. The highest BCUT2D eigenvalue weighted by Gasteiger charge is 2.31. The third-order valence-corrected chi connectivity index (χ3v) is 4.25. The predicted octanol–water partition coefficient (Wildman–Crippen LogP) is -0.165. The van der Waals surface area contributed by atoms with Gasteiger partial charge in [0.25, 0.3) is 11.8 Å². The molecule has 3 amide bonds. The number of amides is 3. The first-order chi connectivity index (χ1) is 12.9. The molecule has 1 aliphatic rings. The summed E-state index contributed by atoms with van der Waals surface area (Å²) in [5, 5.41) is 2.41. The van der Waals surface area contributed by atoms with Gasteiger partial charge < -0.3 is 25.4 Å². The van der Waals surface area contributed by atoms with Crippen molar-refractivity contribution in [1.29, 1.82) is 0 Å². The highest BCUT2D eigenvalue weighted by Crippen LogP contribution is 2.17. The standard InChI is InChI=1S/C18H23N3O6/c1-26-14-8-3-2-6-12(14)18(25)20-10-16(23)27-11-15(22)21-9-5-4-7-13(21)17(19)24/h2-3,6,8,13H,4-5,7,9-11H2,1H3,(H2,19,24)(H,20,25)/t13-/m0/s1. The van der Waals surface area contributed by atoms with E-state index in [0.29, 0.717) is 18.7 Å². The smallest absolute Gasteiger partial charge is 0.325 e. The van der Waals surface area contributed by atoms with E-state index in [9.17, 15) is 19.2 Å². The molecule has 27 heavy (non-hydrogen) atoms. The highest BCUT2D eigenvalue weighted by molar-refractivity contribution is 5.98. The number of esters is 1. The van der Waals surface area contributed by atoms with Crippen LogP contribution in [0.3, 0.4) is 0 Å². The Hall–Kier alpha value is -3.10. The van der Waals surface area contributed by atoms with Crippen LogP contribution in [-0.2, 0) is 19.1 Å². The van der Waals surface area contributed by atoms with Crippen LogP contribution in [0.1, 0.15) is 29.6 Å². The van der Waals surface area contributed by atoms with Crippen molar-refractivity contribution >= 4 is 23.7 Å². The van der Waals surface area contributed by atoms with E-state index in [1.807, 2.05) is 0 Å². The van der Waals surface area contributed by atoms with Gasteiger partial charge in [-0.25, -0.2) is 0 Å². The van der Waals surface area contributed by atoms with E-state index in [4.69, 9.17) is 15.2 Å². The Bertz CT molecular complexity index is 721. The molecule has 3 N–H and O–H groups in total. The van der Waals surface area contributed by atoms with E-state index in [0.717, 1.165) is 12.8 Å². The normalized spacial score (nSPS) is 16.3. The van der Waals surface area contributed by atoms with Crippen molar-refractivity contribution < 1.29 is 28.7 Å². The first kappa shape index (κ1) is 20.2. The molecule has 1 aromatic carbocycles. The van der Waals surface area contributed by atoms with Gasteiger partial charge in [0.2, 0.25) is 5.91 Å². The van der Waals surface area contributed by atoms with Crippen LogP contribution in [-0.4, -0.2) is 61.4 Å². The maximum Gasteiger partial charge on any atom is 0.325 e. The number of likely N-dealkylation sites (tertiary alicyclic amines) is 1. The molecule has 0 bridgehead atoms. The zero-order valence-electron chi connectivity index (χ0n) is 15.1. The fourth-order valence-electron chi connectivity index (χ4n) is 2.88. The summed E-state index contributed by atoms with van der Waals surface area (Å²) in [4.78, 5) is 48.9. The topological polar surface area (TPSA) is 128 Å². The summed E-state index contributed by atoms with van der Waals surface area (Å²) in [5.41, 5.74) is 5.59. The van der Waals surface area contributed by atoms with Crippen LogP contribution in [0.5, 0.6) is 5.75 Å². The lowest BCUT2D eigenvalue weighted by Crippen LogP contribution is -2.51. The molecule has 1 fully saturated rings. The maximum atomic E-state index is 12.2. The molecule has 9 nitrogen and oxygen atoms in total. The van der Waals surface area contributed by atoms with Gasteiger partial charge in [0.15, 0.2) is 6.61 Å². The second-order valence-corrected chi connectivity index (χ2v) is 6.04. The Labute approximate surface area is 156 Å². The van der Waals surface area contributed by atoms with E-state index >= 15 is 0 Å². The number of nitrogens with zero attached hydrogens (tertiary/aromatic N) is 1. The average Bonchev–Trinajstić information content (AvgIpc) is 2.69. The molecule has 0 spiro atoms. The van der Waals surface area contributed by atoms with Gasteiger partial charge in [-0.1, -0.05) is 12.1 Å². The zero-order valence-corrected chi connectivity index (χ0v) is 15.1. The van der Waals surface area contributed by atoms with Gasteiger partial charge in [-0.3, -0.25) is 19.2 Å². The van der Waals surface area contributed by atoms with Crippen molar-refractivity contribution in [2.24, 2.45) is 5.73 Å². The highest BCUT2D eigenvalue weighted by atomic mass is 16.5. The largest absolute Gasteiger partial charge is 0.496 e. The minimum absolute atomic E-state index is 0.279. The Morgan fingerprint density at radius 1 is 1.22 bits per heavy atom. The Morgan fingerprint density at radius 3 is 2.67 bits per heavy atom. The summed E-state index contributed by atoms with van der Waals surface area (Å²) in [5.74, 6) is -1.94. The Balaban J connectivity index is 1.81. The lowest BCUT2D eigenvalue weighted by molar-refractivity contribution is -0.154. The number of hydrogen-bond donors (Lipinski definition) is 2. The second kappa shape index (κ2) is 9.56. The van der Waals surface area contributed by atoms with Crippen LogP contribution in [0, 0.1) is 0 Å². The monoisotopic (exact) mass is 377 g/mol. The summed E-state index contributed by atoms with van der Waals surface area (Å²) in [6, 6.07) is 5.90. The van der Waals surface area contributed by atoms with Crippen molar-refractivity contribution in [2.75, 3.05) is 26.8 Å². The van der Waals surface area contributed by atoms with Crippen LogP contribution >= 0.6 is 0 Å². The average molecular weight is 377 g/mol. The molecule has 2 rings (SSSR count). The number of ether oxygens (including phenoxy) is 2. The van der Waals surface area contributed by atoms with Crippen LogP contribution < -0.4 is 15.8 Å². The molecule has 0 aliphatic carbocycles. The van der Waals surface area contributed by atoms with Gasteiger partial charge in [-0.05, 0) is 31.4 Å². The number of para-hydroxylation sites is 1. The molecular weight excluding hydrogens is 354 g/mol. The number of piperidine rings is 1. The molecule has 1 aromatic rings.